The van der Waals surface area contributed by atoms with E-state index in [1.54, 1.807) is 0 Å². The summed E-state index contributed by atoms with van der Waals surface area (Å²) in [5.41, 5.74) is 0. The summed E-state index contributed by atoms with van der Waals surface area (Å²) in [6.45, 7) is 14.1. The van der Waals surface area contributed by atoms with Gasteiger partial charge in [0.25, 0.3) is 0 Å². The van der Waals surface area contributed by atoms with Crippen LogP contribution >= 0.6 is 0 Å². The van der Waals surface area contributed by atoms with Crippen LogP contribution < -0.4 is 0 Å². The molecular formula is C13H27N. The highest BCUT2D eigenvalue weighted by molar-refractivity contribution is 4.80. The van der Waals surface area contributed by atoms with Gasteiger partial charge in [0.1, 0.15) is 0 Å². The quantitative estimate of drug-likeness (QED) is 0.567. The molecule has 84 valence electrons. The maximum Gasteiger partial charge on any atom is 0.0284 e. The van der Waals surface area contributed by atoms with Crippen molar-refractivity contribution in [3.63, 3.8) is 0 Å². The second-order valence-corrected chi connectivity index (χ2v) is 4.50. The molecule has 0 unspecified atom stereocenters. The van der Waals surface area contributed by atoms with Crippen molar-refractivity contribution in [2.75, 3.05) is 6.54 Å². The van der Waals surface area contributed by atoms with Crippen LogP contribution in [0.1, 0.15) is 53.4 Å². The lowest BCUT2D eigenvalue weighted by molar-refractivity contribution is 0.224. The molecule has 0 aliphatic heterocycles. The molecule has 0 rings (SSSR count). The van der Waals surface area contributed by atoms with Crippen LogP contribution in [0.2, 0.25) is 0 Å². The van der Waals surface area contributed by atoms with Crippen LogP contribution in [0.3, 0.4) is 0 Å². The molecule has 0 atom stereocenters. The molecule has 0 bridgehead atoms. The highest BCUT2D eigenvalue weighted by Gasteiger charge is 2.13. The molecule has 0 amide bonds. The van der Waals surface area contributed by atoms with Gasteiger partial charge in [0.15, 0.2) is 0 Å². The summed E-state index contributed by atoms with van der Waals surface area (Å²) < 4.78 is 0. The fourth-order valence-electron chi connectivity index (χ4n) is 1.94. The van der Waals surface area contributed by atoms with Crippen LogP contribution in [0.5, 0.6) is 0 Å². The Labute approximate surface area is 90.2 Å². The van der Waals surface area contributed by atoms with Crippen LogP contribution in [-0.4, -0.2) is 17.5 Å². The Morgan fingerprint density at radius 1 is 1.14 bits per heavy atom. The van der Waals surface area contributed by atoms with Crippen LogP contribution in [0.4, 0.5) is 0 Å². The summed E-state index contributed by atoms with van der Waals surface area (Å²) in [4.78, 5) is 2.43. The first-order valence-corrected chi connectivity index (χ1v) is 6.03. The Kier molecular flexibility index (Phi) is 7.64. The molecule has 0 fully saturated rings. The van der Waals surface area contributed by atoms with Crippen molar-refractivity contribution in [1.82, 2.24) is 4.90 Å². The summed E-state index contributed by atoms with van der Waals surface area (Å²) >= 11 is 0. The van der Waals surface area contributed by atoms with Gasteiger partial charge in [0, 0.05) is 12.6 Å². The normalized spacial score (nSPS) is 11.0. The minimum absolute atomic E-state index is 0.713. The van der Waals surface area contributed by atoms with Gasteiger partial charge in [-0.3, -0.25) is 0 Å². The van der Waals surface area contributed by atoms with E-state index >= 15 is 0 Å². The molecule has 0 heterocycles. The maximum atomic E-state index is 3.93. The monoisotopic (exact) mass is 197 g/mol. The summed E-state index contributed by atoms with van der Waals surface area (Å²) in [7, 11) is 0. The molecule has 0 saturated carbocycles. The van der Waals surface area contributed by atoms with E-state index in [-0.39, 0.29) is 0 Å². The van der Waals surface area contributed by atoms with Crippen LogP contribution in [-0.2, 0) is 0 Å². The Balaban J connectivity index is 4.17. The van der Waals surface area contributed by atoms with E-state index in [0.29, 0.717) is 6.04 Å². The van der Waals surface area contributed by atoms with Crippen molar-refractivity contribution in [3.05, 3.63) is 12.8 Å². The molecular weight excluding hydrogens is 170 g/mol. The lowest BCUT2D eigenvalue weighted by Crippen LogP contribution is -2.33. The molecule has 0 aromatic heterocycles. The van der Waals surface area contributed by atoms with Crippen molar-refractivity contribution < 1.29 is 0 Å². The van der Waals surface area contributed by atoms with Gasteiger partial charge < -0.3 is 4.90 Å². The second-order valence-electron chi connectivity index (χ2n) is 4.50. The van der Waals surface area contributed by atoms with E-state index in [4.69, 9.17) is 0 Å². The number of rotatable bonds is 8. The summed E-state index contributed by atoms with van der Waals surface area (Å²) in [6, 6.07) is 0.713. The SMILES string of the molecule is C=CN(CC(C)C)C(CCC)CCC. The molecule has 0 aliphatic carbocycles. The Hall–Kier alpha value is -0.460. The fraction of sp³-hybridized carbons (Fsp3) is 0.846. The first-order chi connectivity index (χ1) is 6.65. The zero-order valence-corrected chi connectivity index (χ0v) is 10.4. The zero-order chi connectivity index (χ0) is 11.0. The molecule has 0 radical (unpaired) electrons. The van der Waals surface area contributed by atoms with Crippen LogP contribution in [0.25, 0.3) is 0 Å². The van der Waals surface area contributed by atoms with E-state index in [0.717, 1.165) is 12.5 Å². The summed E-state index contributed by atoms with van der Waals surface area (Å²) in [5.74, 6) is 0.726. The predicted octanol–water partition coefficient (Wildman–Crippen LogP) is 4.06. The number of hydrogen-bond acceptors (Lipinski definition) is 1. The van der Waals surface area contributed by atoms with E-state index in [1.165, 1.54) is 25.7 Å². The predicted molar refractivity (Wildman–Crippen MR) is 65.3 cm³/mol. The van der Waals surface area contributed by atoms with Gasteiger partial charge in [-0.15, -0.1) is 0 Å². The Bertz CT molecular complexity index is 134. The highest BCUT2D eigenvalue weighted by Crippen LogP contribution is 2.15. The van der Waals surface area contributed by atoms with Gasteiger partial charge in [0.2, 0.25) is 0 Å². The molecule has 0 spiro atoms. The summed E-state index contributed by atoms with van der Waals surface area (Å²) in [5, 5.41) is 0. The average molecular weight is 197 g/mol. The molecule has 0 N–H and O–H groups in total. The third kappa shape index (κ3) is 5.31. The number of nitrogens with zero attached hydrogens (tertiary/aromatic N) is 1. The zero-order valence-electron chi connectivity index (χ0n) is 10.4. The van der Waals surface area contributed by atoms with Crippen molar-refractivity contribution in [2.24, 2.45) is 5.92 Å². The van der Waals surface area contributed by atoms with Gasteiger partial charge in [0.05, 0.1) is 0 Å². The lowest BCUT2D eigenvalue weighted by Gasteiger charge is -2.31. The Morgan fingerprint density at radius 3 is 1.93 bits per heavy atom. The van der Waals surface area contributed by atoms with E-state index < -0.39 is 0 Å². The third-order valence-corrected chi connectivity index (χ3v) is 2.52. The Morgan fingerprint density at radius 2 is 1.64 bits per heavy atom. The maximum absolute atomic E-state index is 3.93. The van der Waals surface area contributed by atoms with Gasteiger partial charge in [-0.2, -0.15) is 0 Å². The molecule has 1 nitrogen and oxygen atoms in total. The number of hydrogen-bond donors (Lipinski definition) is 0. The largest absolute Gasteiger partial charge is 0.375 e. The van der Waals surface area contributed by atoms with E-state index in [9.17, 15) is 0 Å². The molecule has 0 aliphatic rings. The van der Waals surface area contributed by atoms with Crippen molar-refractivity contribution in [2.45, 2.75) is 59.4 Å². The molecule has 0 aromatic rings. The average Bonchev–Trinajstić information content (AvgIpc) is 2.13. The molecule has 0 aromatic carbocycles. The van der Waals surface area contributed by atoms with Crippen molar-refractivity contribution in [1.29, 1.82) is 0 Å². The first kappa shape index (κ1) is 13.5. The third-order valence-electron chi connectivity index (χ3n) is 2.52. The standard InChI is InChI=1S/C13H27N/c1-6-9-13(10-7-2)14(8-3)11-12(4)5/h8,12-13H,3,6-7,9-11H2,1-2,4-5H3. The molecule has 1 heteroatoms. The minimum Gasteiger partial charge on any atom is -0.375 e. The summed E-state index contributed by atoms with van der Waals surface area (Å²) in [6.07, 6.45) is 7.16. The first-order valence-electron chi connectivity index (χ1n) is 6.03. The van der Waals surface area contributed by atoms with Gasteiger partial charge in [-0.25, -0.2) is 0 Å². The van der Waals surface area contributed by atoms with E-state index in [2.05, 4.69) is 39.2 Å². The van der Waals surface area contributed by atoms with Gasteiger partial charge in [-0.1, -0.05) is 47.1 Å². The van der Waals surface area contributed by atoms with Crippen LogP contribution in [0, 0.1) is 5.92 Å². The lowest BCUT2D eigenvalue weighted by atomic mass is 10.0. The molecule has 14 heavy (non-hydrogen) atoms. The minimum atomic E-state index is 0.713. The smallest absolute Gasteiger partial charge is 0.0284 e. The second kappa shape index (κ2) is 7.90. The van der Waals surface area contributed by atoms with Crippen molar-refractivity contribution >= 4 is 0 Å². The van der Waals surface area contributed by atoms with E-state index in [1.807, 2.05) is 6.20 Å². The molecule has 0 saturated heterocycles. The van der Waals surface area contributed by atoms with Gasteiger partial charge >= 0.3 is 0 Å². The van der Waals surface area contributed by atoms with Crippen molar-refractivity contribution in [3.8, 4) is 0 Å². The van der Waals surface area contributed by atoms with Gasteiger partial charge in [-0.05, 0) is 25.0 Å². The fourth-order valence-corrected chi connectivity index (χ4v) is 1.94. The highest BCUT2D eigenvalue weighted by atomic mass is 15.1. The topological polar surface area (TPSA) is 3.24 Å². The van der Waals surface area contributed by atoms with Crippen LogP contribution in [0.15, 0.2) is 12.8 Å².